The number of para-hydroxylation sites is 2. The molecule has 1 atom stereocenters. The van der Waals surface area contributed by atoms with Gasteiger partial charge in [-0.3, -0.25) is 14.8 Å². The molecule has 6 heteroatoms. The first-order chi connectivity index (χ1) is 14.2. The molecule has 1 aliphatic heterocycles. The summed E-state index contributed by atoms with van der Waals surface area (Å²) in [5.41, 5.74) is 3.19. The van der Waals surface area contributed by atoms with Crippen molar-refractivity contribution < 1.29 is 4.79 Å². The van der Waals surface area contributed by atoms with Gasteiger partial charge in [-0.25, -0.2) is 0 Å². The lowest BCUT2D eigenvalue weighted by Gasteiger charge is -2.19. The van der Waals surface area contributed by atoms with Gasteiger partial charge in [-0.1, -0.05) is 42.5 Å². The number of amides is 1. The van der Waals surface area contributed by atoms with Gasteiger partial charge in [-0.2, -0.15) is 0 Å². The normalized spacial score (nSPS) is 17.0. The van der Waals surface area contributed by atoms with Gasteiger partial charge in [0.05, 0.1) is 11.6 Å². The number of nitrogens with zero attached hydrogens (tertiary/aromatic N) is 3. The first-order valence-electron chi connectivity index (χ1n) is 9.90. The van der Waals surface area contributed by atoms with Gasteiger partial charge in [0.25, 0.3) is 0 Å². The van der Waals surface area contributed by atoms with E-state index in [9.17, 15) is 4.79 Å². The zero-order valence-electron chi connectivity index (χ0n) is 16.5. The molecule has 1 amide bonds. The summed E-state index contributed by atoms with van der Waals surface area (Å²) in [5, 5.41) is 7.89. The van der Waals surface area contributed by atoms with Crippen LogP contribution >= 0.6 is 0 Å². The third-order valence-electron chi connectivity index (χ3n) is 5.16. The summed E-state index contributed by atoms with van der Waals surface area (Å²) in [7, 11) is 1.75. The van der Waals surface area contributed by atoms with Crippen LogP contribution in [0, 0.1) is 0 Å². The van der Waals surface area contributed by atoms with E-state index in [1.165, 1.54) is 5.56 Å². The monoisotopic (exact) mass is 387 g/mol. The lowest BCUT2D eigenvalue weighted by atomic mass is 10.1. The van der Waals surface area contributed by atoms with Crippen LogP contribution in [0.5, 0.6) is 0 Å². The Hall–Kier alpha value is -3.41. The maximum Gasteiger partial charge on any atom is 0.229 e. The second-order valence-electron chi connectivity index (χ2n) is 7.13. The van der Waals surface area contributed by atoms with E-state index in [1.807, 2.05) is 47.5 Å². The molecule has 2 heterocycles. The largest absolute Gasteiger partial charge is 0.356 e. The average Bonchev–Trinajstić information content (AvgIpc) is 3.13. The molecule has 0 aliphatic carbocycles. The van der Waals surface area contributed by atoms with Crippen LogP contribution in [0.1, 0.15) is 12.0 Å². The van der Waals surface area contributed by atoms with Gasteiger partial charge in [0, 0.05) is 43.8 Å². The van der Waals surface area contributed by atoms with E-state index in [1.54, 1.807) is 7.05 Å². The number of rotatable bonds is 5. The molecule has 6 nitrogen and oxygen atoms in total. The maximum atomic E-state index is 12.4. The molecule has 1 aliphatic rings. The minimum Gasteiger partial charge on any atom is -0.356 e. The third-order valence-corrected chi connectivity index (χ3v) is 5.16. The summed E-state index contributed by atoms with van der Waals surface area (Å²) in [5.74, 6) is 0.844. The fourth-order valence-electron chi connectivity index (χ4n) is 3.73. The zero-order valence-corrected chi connectivity index (χ0v) is 16.5. The standard InChI is InChI=1S/C23H25N5O/c1-24-23(26-14-12-18-8-5-7-17-9-6-13-25-22(17)18)27-19-15-21(29)28(16-19)20-10-3-2-4-11-20/h2-11,13,19H,12,14-16H2,1H3,(H2,24,26,27). The van der Waals surface area contributed by atoms with Gasteiger partial charge in [0.2, 0.25) is 5.91 Å². The topological polar surface area (TPSA) is 69.6 Å². The highest BCUT2D eigenvalue weighted by molar-refractivity contribution is 5.97. The molecule has 2 aromatic carbocycles. The molecular formula is C23H25N5O. The van der Waals surface area contributed by atoms with E-state index in [0.717, 1.165) is 29.6 Å². The second kappa shape index (κ2) is 8.73. The quantitative estimate of drug-likeness (QED) is 0.522. The molecule has 2 N–H and O–H groups in total. The maximum absolute atomic E-state index is 12.4. The minimum absolute atomic E-state index is 0.0353. The van der Waals surface area contributed by atoms with Crippen molar-refractivity contribution in [2.45, 2.75) is 18.9 Å². The van der Waals surface area contributed by atoms with Crippen LogP contribution in [0.15, 0.2) is 71.9 Å². The molecule has 1 saturated heterocycles. The van der Waals surface area contributed by atoms with Crippen LogP contribution in [-0.4, -0.2) is 43.0 Å². The number of carbonyl (C=O) groups excluding carboxylic acids is 1. The number of hydrogen-bond acceptors (Lipinski definition) is 3. The van der Waals surface area contributed by atoms with E-state index in [4.69, 9.17) is 0 Å². The van der Waals surface area contributed by atoms with E-state index in [0.29, 0.717) is 18.9 Å². The molecule has 0 radical (unpaired) electrons. The summed E-state index contributed by atoms with van der Waals surface area (Å²) in [6.07, 6.45) is 3.13. The highest BCUT2D eigenvalue weighted by Crippen LogP contribution is 2.21. The number of aliphatic imine (C=N–C) groups is 1. The van der Waals surface area contributed by atoms with E-state index in [-0.39, 0.29) is 11.9 Å². The fourth-order valence-corrected chi connectivity index (χ4v) is 3.73. The van der Waals surface area contributed by atoms with Crippen molar-refractivity contribution in [1.82, 2.24) is 15.6 Å². The van der Waals surface area contributed by atoms with E-state index in [2.05, 4.69) is 44.9 Å². The second-order valence-corrected chi connectivity index (χ2v) is 7.13. The summed E-state index contributed by atoms with van der Waals surface area (Å²) in [6.45, 7) is 1.37. The number of anilines is 1. The predicted molar refractivity (Wildman–Crippen MR) is 117 cm³/mol. The first kappa shape index (κ1) is 18.9. The number of hydrogen-bond donors (Lipinski definition) is 2. The number of carbonyl (C=O) groups is 1. The Morgan fingerprint density at radius 3 is 2.79 bits per heavy atom. The molecule has 1 unspecified atom stereocenters. The van der Waals surface area contributed by atoms with Gasteiger partial charge in [-0.05, 0) is 30.2 Å². The number of fused-ring (bicyclic) bond motifs is 1. The Morgan fingerprint density at radius 1 is 1.14 bits per heavy atom. The summed E-state index contributed by atoms with van der Waals surface area (Å²) in [4.78, 5) is 23.1. The number of benzene rings is 2. The van der Waals surface area contributed by atoms with Crippen LogP contribution in [0.25, 0.3) is 10.9 Å². The van der Waals surface area contributed by atoms with Crippen molar-refractivity contribution in [3.05, 3.63) is 72.4 Å². The highest BCUT2D eigenvalue weighted by Gasteiger charge is 2.30. The Labute approximate surface area is 170 Å². The van der Waals surface area contributed by atoms with Gasteiger partial charge < -0.3 is 15.5 Å². The average molecular weight is 387 g/mol. The Morgan fingerprint density at radius 2 is 1.97 bits per heavy atom. The van der Waals surface area contributed by atoms with Crippen molar-refractivity contribution in [2.75, 3.05) is 25.0 Å². The Balaban J connectivity index is 1.33. The zero-order chi connectivity index (χ0) is 20.1. The summed E-state index contributed by atoms with van der Waals surface area (Å²) >= 11 is 0. The molecule has 1 fully saturated rings. The highest BCUT2D eigenvalue weighted by atomic mass is 16.2. The van der Waals surface area contributed by atoms with Gasteiger partial charge in [-0.15, -0.1) is 0 Å². The van der Waals surface area contributed by atoms with Crippen LogP contribution in [0.4, 0.5) is 5.69 Å². The van der Waals surface area contributed by atoms with Crippen molar-refractivity contribution in [3.63, 3.8) is 0 Å². The van der Waals surface area contributed by atoms with Gasteiger partial charge in [0.1, 0.15) is 0 Å². The Kier molecular flexibility index (Phi) is 5.70. The lowest BCUT2D eigenvalue weighted by Crippen LogP contribution is -2.45. The number of aromatic nitrogens is 1. The van der Waals surface area contributed by atoms with Gasteiger partial charge in [0.15, 0.2) is 5.96 Å². The summed E-state index contributed by atoms with van der Waals surface area (Å²) in [6, 6.07) is 20.1. The summed E-state index contributed by atoms with van der Waals surface area (Å²) < 4.78 is 0. The molecule has 0 bridgehead atoms. The van der Waals surface area contributed by atoms with Gasteiger partial charge >= 0.3 is 0 Å². The minimum atomic E-state index is 0.0353. The lowest BCUT2D eigenvalue weighted by molar-refractivity contribution is -0.117. The third kappa shape index (κ3) is 4.37. The van der Waals surface area contributed by atoms with Crippen molar-refractivity contribution in [2.24, 2.45) is 4.99 Å². The molecule has 0 saturated carbocycles. The van der Waals surface area contributed by atoms with Crippen molar-refractivity contribution >= 4 is 28.5 Å². The van der Waals surface area contributed by atoms with Crippen molar-refractivity contribution in [1.29, 1.82) is 0 Å². The van der Waals surface area contributed by atoms with Crippen LogP contribution in [0.3, 0.4) is 0 Å². The molecule has 0 spiro atoms. The van der Waals surface area contributed by atoms with Crippen LogP contribution < -0.4 is 15.5 Å². The molecule has 1 aromatic heterocycles. The van der Waals surface area contributed by atoms with Crippen molar-refractivity contribution in [3.8, 4) is 0 Å². The van der Waals surface area contributed by atoms with Crippen LogP contribution in [0.2, 0.25) is 0 Å². The predicted octanol–water partition coefficient (Wildman–Crippen LogP) is 2.75. The molecule has 4 rings (SSSR count). The molecule has 3 aromatic rings. The SMILES string of the molecule is CN=C(NCCc1cccc2cccnc12)NC1CC(=O)N(c2ccccc2)C1. The first-order valence-corrected chi connectivity index (χ1v) is 9.90. The number of guanidine groups is 1. The molecule has 148 valence electrons. The smallest absolute Gasteiger partial charge is 0.229 e. The number of pyridine rings is 1. The molecular weight excluding hydrogens is 362 g/mol. The van der Waals surface area contributed by atoms with E-state index < -0.39 is 0 Å². The molecule has 29 heavy (non-hydrogen) atoms. The Bertz CT molecular complexity index is 1010. The van der Waals surface area contributed by atoms with E-state index >= 15 is 0 Å². The number of nitrogens with one attached hydrogen (secondary N) is 2. The van der Waals surface area contributed by atoms with Crippen LogP contribution in [-0.2, 0) is 11.2 Å². The fraction of sp³-hybridized carbons (Fsp3) is 0.261.